The van der Waals surface area contributed by atoms with Crippen molar-refractivity contribution in [3.63, 3.8) is 0 Å². The maximum Gasteiger partial charge on any atom is 0.225 e. The number of carbonyl (C=O) groups is 1. The molecule has 0 saturated carbocycles. The Kier molecular flexibility index (Phi) is 3.71. The van der Waals surface area contributed by atoms with Gasteiger partial charge in [-0.25, -0.2) is 0 Å². The SMILES string of the molecule is Cc1noc(C)c1CC(=O)NC(C)c1cc2ccccc2o1. The van der Waals surface area contributed by atoms with E-state index in [0.717, 1.165) is 28.0 Å². The van der Waals surface area contributed by atoms with Crippen molar-refractivity contribution in [3.05, 3.63) is 53.1 Å². The number of benzene rings is 1. The van der Waals surface area contributed by atoms with Gasteiger partial charge in [0.2, 0.25) is 5.91 Å². The molecule has 1 N–H and O–H groups in total. The van der Waals surface area contributed by atoms with Crippen LogP contribution in [0.3, 0.4) is 0 Å². The third kappa shape index (κ3) is 2.74. The van der Waals surface area contributed by atoms with Crippen molar-refractivity contribution < 1.29 is 13.7 Å². The second-order valence-corrected chi connectivity index (χ2v) is 5.46. The predicted octanol–water partition coefficient (Wildman–Crippen LogP) is 3.46. The monoisotopic (exact) mass is 298 g/mol. The highest BCUT2D eigenvalue weighted by molar-refractivity contribution is 5.80. The molecule has 2 aromatic heterocycles. The topological polar surface area (TPSA) is 68.3 Å². The lowest BCUT2D eigenvalue weighted by Crippen LogP contribution is -2.28. The fourth-order valence-electron chi connectivity index (χ4n) is 2.49. The molecule has 1 aromatic carbocycles. The molecule has 5 heteroatoms. The largest absolute Gasteiger partial charge is 0.459 e. The first-order valence-electron chi connectivity index (χ1n) is 7.24. The van der Waals surface area contributed by atoms with Crippen molar-refractivity contribution in [2.75, 3.05) is 0 Å². The molecule has 1 amide bonds. The summed E-state index contributed by atoms with van der Waals surface area (Å²) >= 11 is 0. The van der Waals surface area contributed by atoms with Crippen molar-refractivity contribution in [1.29, 1.82) is 0 Å². The van der Waals surface area contributed by atoms with Crippen LogP contribution < -0.4 is 5.32 Å². The van der Waals surface area contributed by atoms with Gasteiger partial charge in [0.15, 0.2) is 0 Å². The Hall–Kier alpha value is -2.56. The van der Waals surface area contributed by atoms with Gasteiger partial charge < -0.3 is 14.3 Å². The molecule has 3 aromatic rings. The Bertz CT molecular complexity index is 764. The summed E-state index contributed by atoms with van der Waals surface area (Å²) in [6.07, 6.45) is 0.256. The Labute approximate surface area is 128 Å². The minimum atomic E-state index is -0.194. The number of para-hydroxylation sites is 1. The van der Waals surface area contributed by atoms with E-state index in [-0.39, 0.29) is 18.4 Å². The molecule has 0 aliphatic rings. The van der Waals surface area contributed by atoms with Crippen LogP contribution in [-0.2, 0) is 11.2 Å². The van der Waals surface area contributed by atoms with E-state index in [1.165, 1.54) is 0 Å². The van der Waals surface area contributed by atoms with Crippen LogP contribution in [0.5, 0.6) is 0 Å². The van der Waals surface area contributed by atoms with E-state index in [0.29, 0.717) is 5.76 Å². The summed E-state index contributed by atoms with van der Waals surface area (Å²) in [5, 5.41) is 7.84. The normalized spacial score (nSPS) is 12.5. The first kappa shape index (κ1) is 14.4. The molecule has 1 atom stereocenters. The van der Waals surface area contributed by atoms with Crippen LogP contribution in [0, 0.1) is 13.8 Å². The lowest BCUT2D eigenvalue weighted by atomic mass is 10.1. The molecule has 0 aliphatic carbocycles. The number of furan rings is 1. The maximum absolute atomic E-state index is 12.2. The fraction of sp³-hybridized carbons (Fsp3) is 0.294. The summed E-state index contributed by atoms with van der Waals surface area (Å²) in [7, 11) is 0. The van der Waals surface area contributed by atoms with Gasteiger partial charge >= 0.3 is 0 Å². The van der Waals surface area contributed by atoms with Crippen LogP contribution in [0.15, 0.2) is 39.3 Å². The zero-order valence-electron chi connectivity index (χ0n) is 12.8. The fourth-order valence-corrected chi connectivity index (χ4v) is 2.49. The van der Waals surface area contributed by atoms with Crippen molar-refractivity contribution >= 4 is 16.9 Å². The third-order valence-electron chi connectivity index (χ3n) is 3.77. The van der Waals surface area contributed by atoms with E-state index >= 15 is 0 Å². The number of hydrogen-bond donors (Lipinski definition) is 1. The van der Waals surface area contributed by atoms with Crippen molar-refractivity contribution in [2.24, 2.45) is 0 Å². The van der Waals surface area contributed by atoms with E-state index in [4.69, 9.17) is 8.94 Å². The number of fused-ring (bicyclic) bond motifs is 1. The molecule has 114 valence electrons. The van der Waals surface area contributed by atoms with E-state index in [1.807, 2.05) is 51.1 Å². The van der Waals surface area contributed by atoms with Gasteiger partial charge in [0.05, 0.1) is 18.2 Å². The summed E-state index contributed by atoms with van der Waals surface area (Å²) in [5.74, 6) is 1.35. The summed E-state index contributed by atoms with van der Waals surface area (Å²) in [6, 6.07) is 9.55. The molecule has 0 bridgehead atoms. The molecular weight excluding hydrogens is 280 g/mol. The van der Waals surface area contributed by atoms with Crippen LogP contribution in [0.25, 0.3) is 11.0 Å². The summed E-state index contributed by atoms with van der Waals surface area (Å²) in [6.45, 7) is 5.55. The third-order valence-corrected chi connectivity index (χ3v) is 3.77. The number of hydrogen-bond acceptors (Lipinski definition) is 4. The van der Waals surface area contributed by atoms with Crippen molar-refractivity contribution in [3.8, 4) is 0 Å². The zero-order valence-corrected chi connectivity index (χ0v) is 12.8. The number of aryl methyl sites for hydroxylation is 2. The van der Waals surface area contributed by atoms with Crippen molar-refractivity contribution in [1.82, 2.24) is 10.5 Å². The number of carbonyl (C=O) groups excluding carboxylic acids is 1. The molecule has 0 spiro atoms. The summed E-state index contributed by atoms with van der Waals surface area (Å²) in [4.78, 5) is 12.2. The first-order valence-corrected chi connectivity index (χ1v) is 7.24. The van der Waals surface area contributed by atoms with E-state index in [2.05, 4.69) is 10.5 Å². The number of aromatic nitrogens is 1. The molecular formula is C17H18N2O3. The van der Waals surface area contributed by atoms with Crippen LogP contribution in [0.2, 0.25) is 0 Å². The molecule has 5 nitrogen and oxygen atoms in total. The lowest BCUT2D eigenvalue weighted by Gasteiger charge is -2.11. The Balaban J connectivity index is 1.70. The molecule has 0 fully saturated rings. The smallest absolute Gasteiger partial charge is 0.225 e. The highest BCUT2D eigenvalue weighted by atomic mass is 16.5. The summed E-state index contributed by atoms with van der Waals surface area (Å²) < 4.78 is 10.8. The Morgan fingerprint density at radius 1 is 1.32 bits per heavy atom. The Morgan fingerprint density at radius 3 is 2.77 bits per heavy atom. The highest BCUT2D eigenvalue weighted by Gasteiger charge is 2.17. The average Bonchev–Trinajstić information content (AvgIpc) is 3.05. The minimum Gasteiger partial charge on any atom is -0.459 e. The van der Waals surface area contributed by atoms with Gasteiger partial charge in [0.1, 0.15) is 17.1 Å². The van der Waals surface area contributed by atoms with E-state index in [9.17, 15) is 4.79 Å². The number of rotatable bonds is 4. The highest BCUT2D eigenvalue weighted by Crippen LogP contribution is 2.23. The lowest BCUT2D eigenvalue weighted by molar-refractivity contribution is -0.121. The quantitative estimate of drug-likeness (QED) is 0.801. The zero-order chi connectivity index (χ0) is 15.7. The van der Waals surface area contributed by atoms with Gasteiger partial charge in [-0.15, -0.1) is 0 Å². The number of nitrogens with one attached hydrogen (secondary N) is 1. The van der Waals surface area contributed by atoms with Crippen LogP contribution in [0.4, 0.5) is 0 Å². The van der Waals surface area contributed by atoms with Crippen molar-refractivity contribution in [2.45, 2.75) is 33.2 Å². The molecule has 22 heavy (non-hydrogen) atoms. The predicted molar refractivity (Wildman–Crippen MR) is 82.5 cm³/mol. The summed E-state index contributed by atoms with van der Waals surface area (Å²) in [5.41, 5.74) is 2.42. The number of amides is 1. The molecule has 0 radical (unpaired) electrons. The maximum atomic E-state index is 12.2. The van der Waals surface area contributed by atoms with Gasteiger partial charge in [-0.3, -0.25) is 4.79 Å². The van der Waals surface area contributed by atoms with Crippen LogP contribution >= 0.6 is 0 Å². The molecule has 1 unspecified atom stereocenters. The van der Waals surface area contributed by atoms with Crippen LogP contribution in [0.1, 0.15) is 35.7 Å². The molecule has 2 heterocycles. The minimum absolute atomic E-state index is 0.0812. The van der Waals surface area contributed by atoms with Gasteiger partial charge in [-0.1, -0.05) is 23.4 Å². The second kappa shape index (κ2) is 5.67. The van der Waals surface area contributed by atoms with Gasteiger partial charge in [-0.05, 0) is 32.9 Å². The van der Waals surface area contributed by atoms with Gasteiger partial charge in [-0.2, -0.15) is 0 Å². The van der Waals surface area contributed by atoms with Gasteiger partial charge in [0, 0.05) is 10.9 Å². The standard InChI is InChI=1S/C17H18N2O3/c1-10-14(12(3)22-19-10)9-17(20)18-11(2)16-8-13-6-4-5-7-15(13)21-16/h4-8,11H,9H2,1-3H3,(H,18,20). The average molecular weight is 298 g/mol. The van der Waals surface area contributed by atoms with E-state index < -0.39 is 0 Å². The Morgan fingerprint density at radius 2 is 2.09 bits per heavy atom. The molecule has 0 saturated heterocycles. The van der Waals surface area contributed by atoms with E-state index in [1.54, 1.807) is 0 Å². The van der Waals surface area contributed by atoms with Gasteiger partial charge in [0.25, 0.3) is 0 Å². The van der Waals surface area contributed by atoms with Crippen LogP contribution in [-0.4, -0.2) is 11.1 Å². The second-order valence-electron chi connectivity index (χ2n) is 5.46. The first-order chi connectivity index (χ1) is 10.5. The number of nitrogens with zero attached hydrogens (tertiary/aromatic N) is 1. The molecule has 0 aliphatic heterocycles. The molecule has 3 rings (SSSR count).